The number of aromatic nitrogens is 1. The van der Waals surface area contributed by atoms with Crippen LogP contribution in [0.2, 0.25) is 0 Å². The van der Waals surface area contributed by atoms with Crippen molar-refractivity contribution in [1.29, 1.82) is 0 Å². The Bertz CT molecular complexity index is 1110. The van der Waals surface area contributed by atoms with E-state index in [1.807, 2.05) is 12.1 Å². The number of nitrogens with one attached hydrogen (secondary N) is 2. The second kappa shape index (κ2) is 11.6. The van der Waals surface area contributed by atoms with Gasteiger partial charge in [0.2, 0.25) is 15.9 Å². The molecule has 0 bridgehead atoms. The first-order valence-electron chi connectivity index (χ1n) is 11.1. The van der Waals surface area contributed by atoms with E-state index in [-0.39, 0.29) is 52.8 Å². The Balaban J connectivity index is 0.00000204. The number of methoxy groups -OCH3 is 1. The van der Waals surface area contributed by atoms with Crippen molar-refractivity contribution in [2.45, 2.75) is 44.3 Å². The van der Waals surface area contributed by atoms with Crippen molar-refractivity contribution < 1.29 is 70.8 Å². The molecule has 1 fully saturated rings. The summed E-state index contributed by atoms with van der Waals surface area (Å²) in [6.07, 6.45) is 5.49. The normalized spacial score (nSPS) is 16.5. The van der Waals surface area contributed by atoms with Gasteiger partial charge in [-0.25, -0.2) is 22.9 Å². The van der Waals surface area contributed by atoms with Gasteiger partial charge in [0, 0.05) is 17.8 Å². The molecule has 0 radical (unpaired) electrons. The van der Waals surface area contributed by atoms with Gasteiger partial charge in [-0.3, -0.25) is 0 Å². The summed E-state index contributed by atoms with van der Waals surface area (Å²) in [5, 5.41) is 2.31. The molecule has 10 heteroatoms. The summed E-state index contributed by atoms with van der Waals surface area (Å²) in [7, 11) is -2.20. The Labute approximate surface area is 239 Å². The summed E-state index contributed by atoms with van der Waals surface area (Å²) < 4.78 is 33.2. The molecule has 33 heavy (non-hydrogen) atoms. The maximum absolute atomic E-state index is 12.8. The van der Waals surface area contributed by atoms with Crippen LogP contribution in [0, 0.1) is 0 Å². The fraction of sp³-hybridized carbons (Fsp3) is 0.478. The minimum Gasteiger partial charge on any atom is -1.00 e. The molecule has 1 aromatic heterocycles. The van der Waals surface area contributed by atoms with Crippen LogP contribution in [0.5, 0.6) is 5.88 Å². The molecular weight excluding hydrogens is 467 g/mol. The average Bonchev–Trinajstić information content (AvgIpc) is 3.28. The largest absolute Gasteiger partial charge is 1.00 e. The molecule has 0 unspecified atom stereocenters. The molecule has 0 atom stereocenters. The number of benzene rings is 1. The van der Waals surface area contributed by atoms with E-state index in [0.29, 0.717) is 24.4 Å². The molecule has 174 valence electrons. The molecule has 2 N–H and O–H groups in total. The number of rotatable bonds is 6. The molecule has 1 saturated heterocycles. The third-order valence-electron chi connectivity index (χ3n) is 6.43. The van der Waals surface area contributed by atoms with Crippen LogP contribution in [-0.2, 0) is 22.9 Å². The van der Waals surface area contributed by atoms with Gasteiger partial charge in [-0.15, -0.1) is 0 Å². The van der Waals surface area contributed by atoms with Crippen molar-refractivity contribution in [1.82, 2.24) is 14.6 Å². The number of carbonyl (C=O) groups is 1. The first-order valence-corrected chi connectivity index (χ1v) is 12.7. The number of likely N-dealkylation sites (tertiary alicyclic amines) is 1. The SMILES string of the molecule is CCN1CCC(S(=O)(=O)NC(=O)Nc2c(-c3ccnc(OC)c3)ccc3c2CCC3)CC1.[H-].[K+]. The van der Waals surface area contributed by atoms with Crippen molar-refractivity contribution in [2.75, 3.05) is 32.1 Å². The van der Waals surface area contributed by atoms with Gasteiger partial charge >= 0.3 is 57.4 Å². The molecule has 2 heterocycles. The van der Waals surface area contributed by atoms with Gasteiger partial charge in [-0.2, -0.15) is 0 Å². The van der Waals surface area contributed by atoms with Crippen LogP contribution in [0.3, 0.4) is 0 Å². The Morgan fingerprint density at radius 1 is 1.24 bits per heavy atom. The molecule has 0 spiro atoms. The van der Waals surface area contributed by atoms with Gasteiger partial charge < -0.3 is 16.4 Å². The zero-order chi connectivity index (χ0) is 22.7. The summed E-state index contributed by atoms with van der Waals surface area (Å²) in [5.41, 5.74) is 4.55. The van der Waals surface area contributed by atoms with Gasteiger partial charge in [-0.1, -0.05) is 19.1 Å². The van der Waals surface area contributed by atoms with E-state index in [2.05, 4.69) is 32.9 Å². The van der Waals surface area contributed by atoms with E-state index >= 15 is 0 Å². The van der Waals surface area contributed by atoms with Crippen LogP contribution in [0.4, 0.5) is 10.5 Å². The van der Waals surface area contributed by atoms with Gasteiger partial charge in [0.25, 0.3) is 0 Å². The van der Waals surface area contributed by atoms with Gasteiger partial charge in [0.05, 0.1) is 18.0 Å². The first-order chi connectivity index (χ1) is 15.4. The van der Waals surface area contributed by atoms with E-state index in [1.54, 1.807) is 19.4 Å². The van der Waals surface area contributed by atoms with Crippen LogP contribution in [0.1, 0.15) is 38.7 Å². The second-order valence-electron chi connectivity index (χ2n) is 8.30. The molecule has 1 aromatic carbocycles. The molecule has 4 rings (SSSR count). The van der Waals surface area contributed by atoms with Crippen LogP contribution < -0.4 is 66.2 Å². The van der Waals surface area contributed by atoms with Crippen LogP contribution in [-0.4, -0.2) is 56.3 Å². The van der Waals surface area contributed by atoms with Crippen molar-refractivity contribution in [3.05, 3.63) is 41.6 Å². The van der Waals surface area contributed by atoms with E-state index in [0.717, 1.165) is 55.6 Å². The van der Waals surface area contributed by atoms with Crippen LogP contribution in [0.15, 0.2) is 30.5 Å². The molecule has 2 amide bonds. The van der Waals surface area contributed by atoms with Crippen LogP contribution in [0.25, 0.3) is 11.1 Å². The Morgan fingerprint density at radius 2 is 2.00 bits per heavy atom. The summed E-state index contributed by atoms with van der Waals surface area (Å²) in [6, 6.07) is 6.97. The zero-order valence-electron chi connectivity index (χ0n) is 20.6. The predicted molar refractivity (Wildman–Crippen MR) is 126 cm³/mol. The molecule has 2 aliphatic rings. The third kappa shape index (κ3) is 6.16. The number of sulfonamides is 1. The van der Waals surface area contributed by atoms with E-state index in [4.69, 9.17) is 4.74 Å². The van der Waals surface area contributed by atoms with E-state index in [1.165, 1.54) is 5.56 Å². The van der Waals surface area contributed by atoms with Gasteiger partial charge in [0.15, 0.2) is 0 Å². The smallest absolute Gasteiger partial charge is 1.00 e. The number of urea groups is 1. The van der Waals surface area contributed by atoms with Gasteiger partial charge in [0.1, 0.15) is 0 Å². The number of aryl methyl sites for hydroxylation is 1. The minimum atomic E-state index is -3.76. The fourth-order valence-corrected chi connectivity index (χ4v) is 5.93. The number of hydrogen-bond acceptors (Lipinski definition) is 6. The zero-order valence-corrected chi connectivity index (χ0v) is 23.5. The summed E-state index contributed by atoms with van der Waals surface area (Å²) in [6.45, 7) is 4.42. The topological polar surface area (TPSA) is 101 Å². The number of amides is 2. The van der Waals surface area contributed by atoms with E-state index < -0.39 is 21.3 Å². The van der Waals surface area contributed by atoms with Crippen molar-refractivity contribution >= 4 is 21.7 Å². The maximum Gasteiger partial charge on any atom is 1.00 e. The fourth-order valence-electron chi connectivity index (χ4n) is 4.63. The average molecular weight is 499 g/mol. The molecule has 1 aliphatic carbocycles. The number of nitrogens with zero attached hydrogens (tertiary/aromatic N) is 2. The second-order valence-corrected chi connectivity index (χ2v) is 10.3. The molecule has 1 aliphatic heterocycles. The molecule has 8 nitrogen and oxygen atoms in total. The molecule has 0 saturated carbocycles. The number of carbonyl (C=O) groups excluding carboxylic acids is 1. The Morgan fingerprint density at radius 3 is 2.70 bits per heavy atom. The van der Waals surface area contributed by atoms with Crippen LogP contribution >= 0.6 is 0 Å². The van der Waals surface area contributed by atoms with Crippen molar-refractivity contribution in [2.24, 2.45) is 0 Å². The third-order valence-corrected chi connectivity index (χ3v) is 8.25. The van der Waals surface area contributed by atoms with Crippen molar-refractivity contribution in [3.8, 4) is 17.0 Å². The maximum atomic E-state index is 12.8. The standard InChI is InChI=1S/C23H30N4O4S.K.H/c1-3-27-13-10-18(11-14-27)32(29,30)26-23(28)25-22-19-6-4-5-16(19)7-8-20(22)17-9-12-24-21(15-17)31-2;;/h7-9,12,15,18H,3-6,10-11,13-14H2,1-2H3,(H2,25,26,28);;/q;+1;-1. The Kier molecular flexibility index (Phi) is 9.36. The number of fused-ring (bicyclic) bond motifs is 1. The molecular formula is C23H31KN4O4S. The number of ether oxygens (including phenoxy) is 1. The summed E-state index contributed by atoms with van der Waals surface area (Å²) in [4.78, 5) is 19.2. The van der Waals surface area contributed by atoms with Crippen molar-refractivity contribution in [3.63, 3.8) is 0 Å². The number of pyridine rings is 1. The Hall–Kier alpha value is -1.01. The number of anilines is 1. The molecule has 2 aromatic rings. The quantitative estimate of drug-likeness (QED) is 0.556. The monoisotopic (exact) mass is 498 g/mol. The minimum absolute atomic E-state index is 0. The predicted octanol–water partition coefficient (Wildman–Crippen LogP) is 0.298. The number of piperidine rings is 1. The van der Waals surface area contributed by atoms with Gasteiger partial charge in [-0.05, 0) is 74.5 Å². The first kappa shape index (κ1) is 26.6. The number of hydrogen-bond donors (Lipinski definition) is 2. The van der Waals surface area contributed by atoms with E-state index in [9.17, 15) is 13.2 Å². The summed E-state index contributed by atoms with van der Waals surface area (Å²) in [5.74, 6) is 0.472. The summed E-state index contributed by atoms with van der Waals surface area (Å²) >= 11 is 0.